The molecule has 122 valence electrons. The molecule has 25 heavy (non-hydrogen) atoms. The highest BCUT2D eigenvalue weighted by molar-refractivity contribution is 5.95. The van der Waals surface area contributed by atoms with Crippen molar-refractivity contribution < 1.29 is 4.79 Å². The van der Waals surface area contributed by atoms with Crippen LogP contribution in [0.3, 0.4) is 0 Å². The molecule has 0 saturated carbocycles. The molecule has 0 spiro atoms. The fourth-order valence-electron chi connectivity index (χ4n) is 2.85. The second-order valence-electron chi connectivity index (χ2n) is 6.00. The molecule has 0 radical (unpaired) electrons. The first-order valence-electron chi connectivity index (χ1n) is 8.07. The van der Waals surface area contributed by atoms with E-state index in [-0.39, 0.29) is 5.91 Å². The highest BCUT2D eigenvalue weighted by atomic mass is 16.1. The summed E-state index contributed by atoms with van der Waals surface area (Å²) in [7, 11) is 0. The number of amides is 1. The summed E-state index contributed by atoms with van der Waals surface area (Å²) in [6, 6.07) is 28.5. The van der Waals surface area contributed by atoms with Gasteiger partial charge in [-0.05, 0) is 42.3 Å². The van der Waals surface area contributed by atoms with E-state index in [9.17, 15) is 4.79 Å². The molecule has 1 amide bonds. The molecule has 0 bridgehead atoms. The molecule has 0 saturated heterocycles. The number of carbonyl (C=O) groups is 1. The van der Waals surface area contributed by atoms with Crippen LogP contribution in [-0.4, -0.2) is 5.91 Å². The molecule has 0 heterocycles. The quantitative estimate of drug-likeness (QED) is 0.779. The van der Waals surface area contributed by atoms with Crippen LogP contribution in [0.2, 0.25) is 0 Å². The second-order valence-corrected chi connectivity index (χ2v) is 6.00. The highest BCUT2D eigenvalue weighted by Crippen LogP contribution is 2.29. The Morgan fingerprint density at radius 3 is 1.76 bits per heavy atom. The monoisotopic (exact) mass is 326 g/mol. The SMILES string of the molecule is CC(NC(=O)c1ccc(C#N)cc1)(c1ccccc1)c1ccccc1. The van der Waals surface area contributed by atoms with Crippen LogP contribution in [0.15, 0.2) is 84.9 Å². The topological polar surface area (TPSA) is 52.9 Å². The van der Waals surface area contributed by atoms with Crippen molar-refractivity contribution in [2.75, 3.05) is 0 Å². The minimum Gasteiger partial charge on any atom is -0.339 e. The van der Waals surface area contributed by atoms with Gasteiger partial charge in [0.1, 0.15) is 0 Å². The van der Waals surface area contributed by atoms with Gasteiger partial charge in [-0.2, -0.15) is 5.26 Å². The van der Waals surface area contributed by atoms with E-state index in [0.29, 0.717) is 11.1 Å². The molecule has 0 unspecified atom stereocenters. The van der Waals surface area contributed by atoms with Crippen LogP contribution in [0.25, 0.3) is 0 Å². The van der Waals surface area contributed by atoms with E-state index < -0.39 is 5.54 Å². The molecule has 3 heteroatoms. The Labute approximate surface area is 147 Å². The first-order valence-corrected chi connectivity index (χ1v) is 8.07. The first-order chi connectivity index (χ1) is 12.1. The molecular weight excluding hydrogens is 308 g/mol. The Morgan fingerprint density at radius 1 is 0.840 bits per heavy atom. The van der Waals surface area contributed by atoms with E-state index in [4.69, 9.17) is 5.26 Å². The molecule has 0 fully saturated rings. The van der Waals surface area contributed by atoms with Crippen LogP contribution >= 0.6 is 0 Å². The van der Waals surface area contributed by atoms with Gasteiger partial charge in [-0.3, -0.25) is 4.79 Å². The van der Waals surface area contributed by atoms with E-state index in [0.717, 1.165) is 11.1 Å². The summed E-state index contributed by atoms with van der Waals surface area (Å²) < 4.78 is 0. The second kappa shape index (κ2) is 7.02. The predicted molar refractivity (Wildman–Crippen MR) is 98.0 cm³/mol. The fraction of sp³-hybridized carbons (Fsp3) is 0.0909. The Morgan fingerprint density at radius 2 is 1.32 bits per heavy atom. The number of hydrogen-bond acceptors (Lipinski definition) is 2. The molecule has 3 nitrogen and oxygen atoms in total. The number of nitrogens with one attached hydrogen (secondary N) is 1. The van der Waals surface area contributed by atoms with Crippen molar-refractivity contribution in [3.8, 4) is 6.07 Å². The smallest absolute Gasteiger partial charge is 0.252 e. The maximum atomic E-state index is 12.8. The van der Waals surface area contributed by atoms with Gasteiger partial charge in [-0.1, -0.05) is 60.7 Å². The third kappa shape index (κ3) is 3.44. The van der Waals surface area contributed by atoms with Gasteiger partial charge in [-0.25, -0.2) is 0 Å². The number of hydrogen-bond donors (Lipinski definition) is 1. The van der Waals surface area contributed by atoms with Gasteiger partial charge in [-0.15, -0.1) is 0 Å². The van der Waals surface area contributed by atoms with Gasteiger partial charge in [0, 0.05) is 5.56 Å². The molecule has 0 aromatic heterocycles. The van der Waals surface area contributed by atoms with Gasteiger partial charge in [0.2, 0.25) is 0 Å². The van der Waals surface area contributed by atoms with E-state index in [1.165, 1.54) is 0 Å². The van der Waals surface area contributed by atoms with Crippen LogP contribution in [0, 0.1) is 11.3 Å². The average Bonchev–Trinajstić information content (AvgIpc) is 2.69. The van der Waals surface area contributed by atoms with Crippen LogP contribution in [0.4, 0.5) is 0 Å². The van der Waals surface area contributed by atoms with Crippen molar-refractivity contribution in [2.45, 2.75) is 12.5 Å². The first kappa shape index (κ1) is 16.5. The van der Waals surface area contributed by atoms with Crippen LogP contribution in [0.5, 0.6) is 0 Å². The minimum atomic E-state index is -0.659. The van der Waals surface area contributed by atoms with E-state index in [1.54, 1.807) is 24.3 Å². The summed E-state index contributed by atoms with van der Waals surface area (Å²) in [5.41, 5.74) is 2.40. The molecule has 1 N–H and O–H groups in total. The molecular formula is C22H18N2O. The van der Waals surface area contributed by atoms with Crippen molar-refractivity contribution in [1.82, 2.24) is 5.32 Å². The van der Waals surface area contributed by atoms with Crippen LogP contribution in [-0.2, 0) is 5.54 Å². The van der Waals surface area contributed by atoms with Crippen molar-refractivity contribution in [3.05, 3.63) is 107 Å². The molecule has 3 aromatic rings. The lowest BCUT2D eigenvalue weighted by Gasteiger charge is -2.32. The summed E-state index contributed by atoms with van der Waals surface area (Å²) in [6.07, 6.45) is 0. The van der Waals surface area contributed by atoms with Crippen LogP contribution in [0.1, 0.15) is 34.0 Å². The third-order valence-corrected chi connectivity index (χ3v) is 4.34. The number of benzene rings is 3. The van der Waals surface area contributed by atoms with E-state index in [2.05, 4.69) is 11.4 Å². The van der Waals surface area contributed by atoms with Crippen molar-refractivity contribution in [2.24, 2.45) is 0 Å². The summed E-state index contributed by atoms with van der Waals surface area (Å²) in [5.74, 6) is -0.181. The summed E-state index contributed by atoms with van der Waals surface area (Å²) >= 11 is 0. The fourth-order valence-corrected chi connectivity index (χ4v) is 2.85. The van der Waals surface area contributed by atoms with E-state index in [1.807, 2.05) is 67.6 Å². The Bertz CT molecular complexity index is 855. The third-order valence-electron chi connectivity index (χ3n) is 4.34. The number of nitrogens with zero attached hydrogens (tertiary/aromatic N) is 1. The average molecular weight is 326 g/mol. The molecule has 0 aliphatic carbocycles. The number of carbonyl (C=O) groups excluding carboxylic acids is 1. The van der Waals surface area contributed by atoms with Gasteiger partial charge >= 0.3 is 0 Å². The molecule has 0 atom stereocenters. The molecule has 0 aliphatic heterocycles. The van der Waals surface area contributed by atoms with Gasteiger partial charge in [0.15, 0.2) is 0 Å². The minimum absolute atomic E-state index is 0.181. The maximum Gasteiger partial charge on any atom is 0.252 e. The lowest BCUT2D eigenvalue weighted by molar-refractivity contribution is 0.0919. The standard InChI is InChI=1S/C22H18N2O/c1-22(19-8-4-2-5-9-19,20-10-6-3-7-11-20)24-21(25)18-14-12-17(16-23)13-15-18/h2-15H,1H3,(H,24,25). The van der Waals surface area contributed by atoms with Crippen molar-refractivity contribution >= 4 is 5.91 Å². The van der Waals surface area contributed by atoms with Crippen molar-refractivity contribution in [3.63, 3.8) is 0 Å². The molecule has 3 rings (SSSR count). The predicted octanol–water partition coefficient (Wildman–Crippen LogP) is 4.25. The highest BCUT2D eigenvalue weighted by Gasteiger charge is 2.30. The van der Waals surface area contributed by atoms with Crippen molar-refractivity contribution in [1.29, 1.82) is 5.26 Å². The molecule has 3 aromatic carbocycles. The lowest BCUT2D eigenvalue weighted by atomic mass is 9.84. The van der Waals surface area contributed by atoms with Gasteiger partial charge in [0.25, 0.3) is 5.91 Å². The van der Waals surface area contributed by atoms with Gasteiger partial charge in [0.05, 0.1) is 17.2 Å². The Balaban J connectivity index is 1.98. The number of rotatable bonds is 4. The zero-order chi connectivity index (χ0) is 17.7. The zero-order valence-corrected chi connectivity index (χ0v) is 13.9. The zero-order valence-electron chi connectivity index (χ0n) is 13.9. The van der Waals surface area contributed by atoms with E-state index >= 15 is 0 Å². The largest absolute Gasteiger partial charge is 0.339 e. The van der Waals surface area contributed by atoms with Gasteiger partial charge < -0.3 is 5.32 Å². The summed E-state index contributed by atoms with van der Waals surface area (Å²) in [4.78, 5) is 12.8. The molecule has 0 aliphatic rings. The van der Waals surface area contributed by atoms with Crippen LogP contribution < -0.4 is 5.32 Å². The Hall–Kier alpha value is -3.38. The number of nitriles is 1. The summed E-state index contributed by atoms with van der Waals surface area (Å²) in [5, 5.41) is 12.1. The normalized spacial score (nSPS) is 10.7. The maximum absolute atomic E-state index is 12.8. The lowest BCUT2D eigenvalue weighted by Crippen LogP contribution is -2.44. The Kier molecular flexibility index (Phi) is 4.63. The summed E-state index contributed by atoms with van der Waals surface area (Å²) in [6.45, 7) is 2.00.